The summed E-state index contributed by atoms with van der Waals surface area (Å²) in [5.41, 5.74) is 1.33. The number of nitrogens with one attached hydrogen (secondary N) is 1. The number of aromatic nitrogens is 2. The summed E-state index contributed by atoms with van der Waals surface area (Å²) in [6.45, 7) is 2.33. The molecular formula is C19H25N3O2S. The van der Waals surface area contributed by atoms with E-state index in [1.165, 1.54) is 36.1 Å². The van der Waals surface area contributed by atoms with Crippen LogP contribution in [0.15, 0.2) is 6.33 Å². The molecule has 0 radical (unpaired) electrons. The number of aryl methyl sites for hydroxylation is 1. The first-order valence-electron chi connectivity index (χ1n) is 9.38. The van der Waals surface area contributed by atoms with Gasteiger partial charge < -0.3 is 10.1 Å². The van der Waals surface area contributed by atoms with Gasteiger partial charge in [0.15, 0.2) is 6.61 Å². The second kappa shape index (κ2) is 7.28. The number of hydrogen-bond donors (Lipinski definition) is 1. The van der Waals surface area contributed by atoms with Gasteiger partial charge in [-0.05, 0) is 43.6 Å². The van der Waals surface area contributed by atoms with Crippen LogP contribution in [0.5, 0.6) is 5.88 Å². The molecule has 4 rings (SSSR count). The Morgan fingerprint density at radius 2 is 2.12 bits per heavy atom. The second-order valence-corrected chi connectivity index (χ2v) is 8.49. The van der Waals surface area contributed by atoms with Gasteiger partial charge in [0.2, 0.25) is 5.88 Å². The highest BCUT2D eigenvalue weighted by Gasteiger charge is 2.24. The van der Waals surface area contributed by atoms with Gasteiger partial charge >= 0.3 is 0 Å². The second-order valence-electron chi connectivity index (χ2n) is 7.40. The van der Waals surface area contributed by atoms with Crippen molar-refractivity contribution in [2.45, 2.75) is 64.3 Å². The maximum Gasteiger partial charge on any atom is 0.258 e. The van der Waals surface area contributed by atoms with Crippen molar-refractivity contribution in [1.29, 1.82) is 0 Å². The largest absolute Gasteiger partial charge is 0.467 e. The molecule has 0 saturated heterocycles. The average Bonchev–Trinajstić information content (AvgIpc) is 2.98. The minimum Gasteiger partial charge on any atom is -0.467 e. The topological polar surface area (TPSA) is 64.1 Å². The molecule has 2 aliphatic rings. The summed E-state index contributed by atoms with van der Waals surface area (Å²) in [6, 6.07) is 0.311. The lowest BCUT2D eigenvalue weighted by Crippen LogP contribution is -2.39. The van der Waals surface area contributed by atoms with Crippen LogP contribution in [0.3, 0.4) is 0 Å². The van der Waals surface area contributed by atoms with E-state index in [1.54, 1.807) is 17.7 Å². The molecule has 6 heteroatoms. The van der Waals surface area contributed by atoms with Gasteiger partial charge in [0.1, 0.15) is 11.2 Å². The van der Waals surface area contributed by atoms with Crippen LogP contribution in [0.25, 0.3) is 10.2 Å². The Morgan fingerprint density at radius 3 is 2.96 bits per heavy atom. The molecule has 0 bridgehead atoms. The van der Waals surface area contributed by atoms with Gasteiger partial charge in [-0.1, -0.05) is 26.2 Å². The lowest BCUT2D eigenvalue weighted by atomic mass is 9.89. The Balaban J connectivity index is 1.47. The van der Waals surface area contributed by atoms with Crippen molar-refractivity contribution in [2.75, 3.05) is 6.61 Å². The minimum atomic E-state index is -0.0450. The van der Waals surface area contributed by atoms with Crippen molar-refractivity contribution in [3.8, 4) is 5.88 Å². The maximum absolute atomic E-state index is 12.2. The normalized spacial score (nSPS) is 21.1. The molecule has 0 aliphatic heterocycles. The molecule has 1 unspecified atom stereocenters. The third-order valence-electron chi connectivity index (χ3n) is 5.37. The Labute approximate surface area is 152 Å². The van der Waals surface area contributed by atoms with Crippen LogP contribution < -0.4 is 10.1 Å². The number of carbonyl (C=O) groups excluding carboxylic acids is 1. The van der Waals surface area contributed by atoms with E-state index in [4.69, 9.17) is 4.74 Å². The highest BCUT2D eigenvalue weighted by Crippen LogP contribution is 2.40. The fourth-order valence-corrected chi connectivity index (χ4v) is 5.35. The highest BCUT2D eigenvalue weighted by molar-refractivity contribution is 7.18. The number of rotatable bonds is 4. The van der Waals surface area contributed by atoms with Crippen molar-refractivity contribution in [3.05, 3.63) is 16.8 Å². The molecule has 5 nitrogen and oxygen atoms in total. The van der Waals surface area contributed by atoms with Crippen molar-refractivity contribution in [2.24, 2.45) is 5.92 Å². The van der Waals surface area contributed by atoms with E-state index in [1.807, 2.05) is 0 Å². The molecule has 134 valence electrons. The number of ether oxygens (including phenoxy) is 1. The maximum atomic E-state index is 12.2. The number of nitrogens with zero attached hydrogens (tertiary/aromatic N) is 2. The molecule has 25 heavy (non-hydrogen) atoms. The number of fused-ring (bicyclic) bond motifs is 3. The van der Waals surface area contributed by atoms with Crippen LogP contribution in [-0.2, 0) is 17.6 Å². The molecule has 1 atom stereocenters. The molecule has 2 heterocycles. The van der Waals surface area contributed by atoms with E-state index in [2.05, 4.69) is 22.2 Å². The first-order valence-corrected chi connectivity index (χ1v) is 10.2. The Morgan fingerprint density at radius 1 is 1.28 bits per heavy atom. The highest BCUT2D eigenvalue weighted by atomic mass is 32.1. The fraction of sp³-hybridized carbons (Fsp3) is 0.632. The summed E-state index contributed by atoms with van der Waals surface area (Å²) in [5.74, 6) is 1.24. The van der Waals surface area contributed by atoms with Crippen LogP contribution in [0.4, 0.5) is 0 Å². The van der Waals surface area contributed by atoms with Gasteiger partial charge in [0.05, 0.1) is 5.39 Å². The zero-order valence-corrected chi connectivity index (χ0v) is 15.5. The predicted molar refractivity (Wildman–Crippen MR) is 99.1 cm³/mol. The smallest absolute Gasteiger partial charge is 0.258 e. The van der Waals surface area contributed by atoms with E-state index in [9.17, 15) is 4.79 Å². The van der Waals surface area contributed by atoms with Crippen molar-refractivity contribution < 1.29 is 9.53 Å². The molecular weight excluding hydrogens is 334 g/mol. The summed E-state index contributed by atoms with van der Waals surface area (Å²) >= 11 is 1.75. The van der Waals surface area contributed by atoms with Crippen LogP contribution in [0, 0.1) is 5.92 Å². The van der Waals surface area contributed by atoms with Crippen LogP contribution in [0.2, 0.25) is 0 Å². The summed E-state index contributed by atoms with van der Waals surface area (Å²) in [6.07, 6.45) is 10.8. The average molecular weight is 359 g/mol. The molecule has 0 aromatic carbocycles. The fourth-order valence-electron chi connectivity index (χ4n) is 4.01. The van der Waals surface area contributed by atoms with E-state index in [-0.39, 0.29) is 12.5 Å². The van der Waals surface area contributed by atoms with Crippen LogP contribution in [-0.4, -0.2) is 28.5 Å². The summed E-state index contributed by atoms with van der Waals surface area (Å²) in [4.78, 5) is 23.3. The number of amides is 1. The van der Waals surface area contributed by atoms with Crippen molar-refractivity contribution in [1.82, 2.24) is 15.3 Å². The molecule has 1 amide bonds. The minimum absolute atomic E-state index is 0.0314. The molecule has 2 aromatic heterocycles. The van der Waals surface area contributed by atoms with Crippen molar-refractivity contribution >= 4 is 27.5 Å². The van der Waals surface area contributed by atoms with Crippen LogP contribution in [0.1, 0.15) is 55.9 Å². The molecule has 2 aromatic rings. The van der Waals surface area contributed by atoms with Crippen LogP contribution >= 0.6 is 11.3 Å². The Kier molecular flexibility index (Phi) is 4.88. The Bertz CT molecular complexity index is 767. The standard InChI is InChI=1S/C19H25N3O2S/c1-12-7-8-14-15(9-12)25-19-17(14)18(20-11-21-19)24-10-16(23)22-13-5-3-2-4-6-13/h11-13H,2-10H2,1H3,(H,22,23). The lowest BCUT2D eigenvalue weighted by Gasteiger charge is -2.22. The van der Waals surface area contributed by atoms with Gasteiger partial charge in [-0.3, -0.25) is 4.79 Å². The zero-order chi connectivity index (χ0) is 17.2. The lowest BCUT2D eigenvalue weighted by molar-refractivity contribution is -0.124. The van der Waals surface area contributed by atoms with Gasteiger partial charge in [0, 0.05) is 10.9 Å². The first-order chi connectivity index (χ1) is 12.2. The van der Waals surface area contributed by atoms with E-state index in [0.717, 1.165) is 41.8 Å². The third-order valence-corrected chi connectivity index (χ3v) is 6.53. The van der Waals surface area contributed by atoms with Gasteiger partial charge in [0.25, 0.3) is 5.91 Å². The third kappa shape index (κ3) is 3.64. The van der Waals surface area contributed by atoms with E-state index in [0.29, 0.717) is 11.9 Å². The summed E-state index contributed by atoms with van der Waals surface area (Å²) in [7, 11) is 0. The first kappa shape index (κ1) is 16.8. The molecule has 1 N–H and O–H groups in total. The number of carbonyl (C=O) groups is 1. The van der Waals surface area contributed by atoms with E-state index >= 15 is 0 Å². The van der Waals surface area contributed by atoms with Crippen molar-refractivity contribution in [3.63, 3.8) is 0 Å². The molecule has 1 saturated carbocycles. The van der Waals surface area contributed by atoms with Gasteiger partial charge in [-0.2, -0.15) is 0 Å². The summed E-state index contributed by atoms with van der Waals surface area (Å²) in [5, 5.41) is 4.12. The number of hydrogen-bond acceptors (Lipinski definition) is 5. The quantitative estimate of drug-likeness (QED) is 0.905. The number of thiophene rings is 1. The SMILES string of the molecule is CC1CCc2c(sc3ncnc(OCC(=O)NC4CCCCC4)c23)C1. The summed E-state index contributed by atoms with van der Waals surface area (Å²) < 4.78 is 5.82. The molecule has 2 aliphatic carbocycles. The monoisotopic (exact) mass is 359 g/mol. The molecule has 0 spiro atoms. The predicted octanol–water partition coefficient (Wildman–Crippen LogP) is 3.64. The van der Waals surface area contributed by atoms with E-state index < -0.39 is 0 Å². The Hall–Kier alpha value is -1.69. The van der Waals surface area contributed by atoms with Gasteiger partial charge in [-0.15, -0.1) is 11.3 Å². The molecule has 1 fully saturated rings. The zero-order valence-electron chi connectivity index (χ0n) is 14.7. The van der Waals surface area contributed by atoms with Gasteiger partial charge in [-0.25, -0.2) is 9.97 Å².